The van der Waals surface area contributed by atoms with Gasteiger partial charge < -0.3 is 10.0 Å². The number of carboxylic acid groups (broad SMARTS) is 1. The zero-order valence-electron chi connectivity index (χ0n) is 9.13. The van der Waals surface area contributed by atoms with Crippen molar-refractivity contribution in [2.45, 2.75) is 12.8 Å². The van der Waals surface area contributed by atoms with Gasteiger partial charge in [-0.2, -0.15) is 0 Å². The van der Waals surface area contributed by atoms with Crippen LogP contribution in [-0.2, 0) is 4.79 Å². The summed E-state index contributed by atoms with van der Waals surface area (Å²) in [6, 6.07) is 7.58. The van der Waals surface area contributed by atoms with Crippen molar-refractivity contribution in [1.29, 1.82) is 0 Å². The minimum absolute atomic E-state index is 0.495. The molecule has 1 N–H and O–H groups in total. The molecule has 0 saturated carbocycles. The van der Waals surface area contributed by atoms with Crippen molar-refractivity contribution in [3.63, 3.8) is 0 Å². The van der Waals surface area contributed by atoms with Crippen LogP contribution in [0.1, 0.15) is 18.4 Å². The lowest BCUT2D eigenvalue weighted by Crippen LogP contribution is -2.21. The lowest BCUT2D eigenvalue weighted by atomic mass is 9.99. The molecule has 16 heavy (non-hydrogen) atoms. The molecule has 1 aliphatic heterocycles. The van der Waals surface area contributed by atoms with Crippen LogP contribution in [0.15, 0.2) is 29.3 Å². The highest BCUT2D eigenvalue weighted by molar-refractivity contribution is 5.86. The second-order valence-electron chi connectivity index (χ2n) is 3.83. The zero-order chi connectivity index (χ0) is 11.5. The molecule has 1 aliphatic rings. The molecule has 0 fully saturated rings. The normalized spacial score (nSPS) is 16.4. The predicted octanol–water partition coefficient (Wildman–Crippen LogP) is 1.72. The number of hydrogen-bond donors (Lipinski definition) is 1. The van der Waals surface area contributed by atoms with E-state index in [1.807, 2.05) is 29.2 Å². The Bertz CT molecular complexity index is 408. The molecule has 4 nitrogen and oxygen atoms in total. The van der Waals surface area contributed by atoms with Crippen LogP contribution in [0.3, 0.4) is 0 Å². The van der Waals surface area contributed by atoms with Gasteiger partial charge in [-0.1, -0.05) is 18.2 Å². The summed E-state index contributed by atoms with van der Waals surface area (Å²) in [5.74, 6) is -1.30. The number of rotatable bonds is 3. The van der Waals surface area contributed by atoms with Crippen molar-refractivity contribution in [1.82, 2.24) is 0 Å². The van der Waals surface area contributed by atoms with Crippen molar-refractivity contribution in [2.24, 2.45) is 4.99 Å². The summed E-state index contributed by atoms with van der Waals surface area (Å²) in [4.78, 5) is 17.1. The van der Waals surface area contributed by atoms with Gasteiger partial charge >= 0.3 is 5.97 Å². The summed E-state index contributed by atoms with van der Waals surface area (Å²) in [7, 11) is 0. The van der Waals surface area contributed by atoms with Crippen LogP contribution in [0, 0.1) is 0 Å². The quantitative estimate of drug-likeness (QED) is 0.840. The summed E-state index contributed by atoms with van der Waals surface area (Å²) in [5.41, 5.74) is 1.78. The van der Waals surface area contributed by atoms with Crippen LogP contribution < -0.4 is 4.90 Å². The van der Waals surface area contributed by atoms with Gasteiger partial charge in [0.15, 0.2) is 0 Å². The SMILES string of the molecule is CC(C(=O)O)c1ccccc1N1C=NCC1. The van der Waals surface area contributed by atoms with E-state index in [1.165, 1.54) is 0 Å². The number of carbonyl (C=O) groups is 1. The van der Waals surface area contributed by atoms with Crippen molar-refractivity contribution in [2.75, 3.05) is 18.0 Å². The Morgan fingerprint density at radius 1 is 1.50 bits per heavy atom. The number of benzene rings is 1. The van der Waals surface area contributed by atoms with Crippen molar-refractivity contribution in [3.05, 3.63) is 29.8 Å². The molecule has 1 atom stereocenters. The van der Waals surface area contributed by atoms with Gasteiger partial charge in [0.1, 0.15) is 0 Å². The average molecular weight is 218 g/mol. The van der Waals surface area contributed by atoms with E-state index in [4.69, 9.17) is 5.11 Å². The van der Waals surface area contributed by atoms with E-state index >= 15 is 0 Å². The first-order chi connectivity index (χ1) is 7.70. The maximum absolute atomic E-state index is 11.0. The Kier molecular flexibility index (Phi) is 2.90. The number of nitrogens with zero attached hydrogens (tertiary/aromatic N) is 2. The highest BCUT2D eigenvalue weighted by Crippen LogP contribution is 2.27. The van der Waals surface area contributed by atoms with Gasteiger partial charge in [0.2, 0.25) is 0 Å². The number of para-hydroxylation sites is 1. The number of carboxylic acids is 1. The first kappa shape index (κ1) is 10.7. The summed E-state index contributed by atoms with van der Waals surface area (Å²) in [5, 5.41) is 9.05. The lowest BCUT2D eigenvalue weighted by Gasteiger charge is -2.20. The molecule has 4 heteroatoms. The van der Waals surface area contributed by atoms with Gasteiger partial charge in [-0.25, -0.2) is 0 Å². The summed E-state index contributed by atoms with van der Waals surface area (Å²) in [6.07, 6.45) is 1.77. The highest BCUT2D eigenvalue weighted by atomic mass is 16.4. The second kappa shape index (κ2) is 4.35. The van der Waals surface area contributed by atoms with Crippen molar-refractivity contribution >= 4 is 18.0 Å². The third kappa shape index (κ3) is 1.91. The molecule has 0 bridgehead atoms. The summed E-state index contributed by atoms with van der Waals surface area (Å²) in [6.45, 7) is 3.30. The Morgan fingerprint density at radius 3 is 2.88 bits per heavy atom. The number of aliphatic imine (C=N–C) groups is 1. The topological polar surface area (TPSA) is 52.9 Å². The van der Waals surface area contributed by atoms with Crippen LogP contribution in [0.5, 0.6) is 0 Å². The van der Waals surface area contributed by atoms with Crippen molar-refractivity contribution < 1.29 is 9.90 Å². The molecule has 0 aromatic heterocycles. The molecule has 0 spiro atoms. The van der Waals surface area contributed by atoms with E-state index in [9.17, 15) is 4.79 Å². The van der Waals surface area contributed by atoms with Crippen LogP contribution >= 0.6 is 0 Å². The molecule has 1 unspecified atom stereocenters. The predicted molar refractivity (Wildman–Crippen MR) is 63.2 cm³/mol. The summed E-state index contributed by atoms with van der Waals surface area (Å²) >= 11 is 0. The smallest absolute Gasteiger partial charge is 0.310 e. The maximum Gasteiger partial charge on any atom is 0.310 e. The Hall–Kier alpha value is -1.84. The van der Waals surface area contributed by atoms with Gasteiger partial charge in [0.25, 0.3) is 0 Å². The second-order valence-corrected chi connectivity index (χ2v) is 3.83. The molecule has 1 heterocycles. The lowest BCUT2D eigenvalue weighted by molar-refractivity contribution is -0.138. The van der Waals surface area contributed by atoms with E-state index in [0.29, 0.717) is 0 Å². The fraction of sp³-hybridized carbons (Fsp3) is 0.333. The minimum Gasteiger partial charge on any atom is -0.481 e. The molecular formula is C12H14N2O2. The molecule has 0 aliphatic carbocycles. The van der Waals surface area contributed by atoms with Gasteiger partial charge in [0, 0.05) is 12.2 Å². The monoisotopic (exact) mass is 218 g/mol. The molecule has 2 rings (SSSR count). The average Bonchev–Trinajstić information content (AvgIpc) is 2.81. The van der Waals surface area contributed by atoms with E-state index in [-0.39, 0.29) is 0 Å². The van der Waals surface area contributed by atoms with E-state index in [0.717, 1.165) is 24.3 Å². The maximum atomic E-state index is 11.0. The molecule has 1 aromatic carbocycles. The van der Waals surface area contributed by atoms with Crippen molar-refractivity contribution in [3.8, 4) is 0 Å². The number of hydrogen-bond acceptors (Lipinski definition) is 3. The summed E-state index contributed by atoms with van der Waals surface area (Å²) < 4.78 is 0. The third-order valence-corrected chi connectivity index (χ3v) is 2.77. The first-order valence-corrected chi connectivity index (χ1v) is 5.28. The molecule has 1 aromatic rings. The Labute approximate surface area is 94.2 Å². The van der Waals surface area contributed by atoms with E-state index in [1.54, 1.807) is 13.3 Å². The molecule has 0 radical (unpaired) electrons. The Balaban J connectivity index is 2.37. The van der Waals surface area contributed by atoms with Gasteiger partial charge in [-0.05, 0) is 18.6 Å². The standard InChI is InChI=1S/C12H14N2O2/c1-9(12(15)16)10-4-2-3-5-11(10)14-7-6-13-8-14/h2-5,8-9H,6-7H2,1H3,(H,15,16). The van der Waals surface area contributed by atoms with E-state index < -0.39 is 11.9 Å². The van der Waals surface area contributed by atoms with Crippen LogP contribution in [0.2, 0.25) is 0 Å². The van der Waals surface area contributed by atoms with Crippen LogP contribution in [0.4, 0.5) is 5.69 Å². The third-order valence-electron chi connectivity index (χ3n) is 2.77. The molecular weight excluding hydrogens is 204 g/mol. The van der Waals surface area contributed by atoms with Crippen LogP contribution in [-0.4, -0.2) is 30.5 Å². The first-order valence-electron chi connectivity index (χ1n) is 5.28. The van der Waals surface area contributed by atoms with E-state index in [2.05, 4.69) is 4.99 Å². The number of aliphatic carboxylic acids is 1. The minimum atomic E-state index is -0.802. The molecule has 0 saturated heterocycles. The fourth-order valence-electron chi connectivity index (χ4n) is 1.81. The van der Waals surface area contributed by atoms with Gasteiger partial charge in [-0.3, -0.25) is 9.79 Å². The number of anilines is 1. The fourth-order valence-corrected chi connectivity index (χ4v) is 1.81. The van der Waals surface area contributed by atoms with Crippen LogP contribution in [0.25, 0.3) is 0 Å². The van der Waals surface area contributed by atoms with Gasteiger partial charge in [0.05, 0.1) is 18.8 Å². The molecule has 0 amide bonds. The highest BCUT2D eigenvalue weighted by Gasteiger charge is 2.20. The van der Waals surface area contributed by atoms with Gasteiger partial charge in [-0.15, -0.1) is 0 Å². The molecule has 84 valence electrons. The zero-order valence-corrected chi connectivity index (χ0v) is 9.13. The largest absolute Gasteiger partial charge is 0.481 e. The Morgan fingerprint density at radius 2 is 2.25 bits per heavy atom.